The zero-order chi connectivity index (χ0) is 21.0. The van der Waals surface area contributed by atoms with Crippen LogP contribution in [0.4, 0.5) is 0 Å². The predicted molar refractivity (Wildman–Crippen MR) is 129 cm³/mol. The normalized spacial score (nSPS) is 11.5. The number of fused-ring (bicyclic) bond motifs is 8. The van der Waals surface area contributed by atoms with Crippen molar-refractivity contribution in [3.8, 4) is 0 Å². The third-order valence-electron chi connectivity index (χ3n) is 5.09. The van der Waals surface area contributed by atoms with Gasteiger partial charge in [-0.2, -0.15) is 0 Å². The van der Waals surface area contributed by atoms with Gasteiger partial charge in [-0.05, 0) is 91.4 Å². The van der Waals surface area contributed by atoms with Gasteiger partial charge >= 0.3 is 0 Å². The third-order valence-corrected chi connectivity index (χ3v) is 5.09. The maximum absolute atomic E-state index is 4.62. The second kappa shape index (κ2) is 9.69. The molecule has 0 fully saturated rings. The Labute approximate surface area is 196 Å². The van der Waals surface area contributed by atoms with E-state index in [1.54, 1.807) is 0 Å². The van der Waals surface area contributed by atoms with E-state index >= 15 is 0 Å². The van der Waals surface area contributed by atoms with Crippen LogP contribution in [-0.2, 0) is 23.5 Å². The summed E-state index contributed by atoms with van der Waals surface area (Å²) in [7, 11) is 0. The van der Waals surface area contributed by atoms with Crippen molar-refractivity contribution in [2.45, 2.75) is 13.3 Å². The quantitative estimate of drug-likeness (QED) is 0.250. The van der Waals surface area contributed by atoms with Gasteiger partial charge in [-0.25, -0.2) is 9.97 Å². The summed E-state index contributed by atoms with van der Waals surface area (Å²) in [6.45, 7) is 2.13. The summed E-state index contributed by atoms with van der Waals surface area (Å²) in [6.07, 6.45) is 11.1. The summed E-state index contributed by atoms with van der Waals surface area (Å²) >= 11 is 0. The first-order valence-corrected chi connectivity index (χ1v) is 10.4. The van der Waals surface area contributed by atoms with Gasteiger partial charge in [-0.1, -0.05) is 6.92 Å². The van der Waals surface area contributed by atoms with Crippen molar-refractivity contribution in [2.75, 3.05) is 0 Å². The molecule has 6 heteroatoms. The van der Waals surface area contributed by atoms with Crippen LogP contribution in [0.25, 0.3) is 46.4 Å². The summed E-state index contributed by atoms with van der Waals surface area (Å²) in [4.78, 5) is 19.1. The van der Waals surface area contributed by atoms with Crippen LogP contribution in [0, 0.1) is 0 Å². The van der Waals surface area contributed by atoms with Gasteiger partial charge in [-0.15, -0.1) is 0 Å². The third kappa shape index (κ3) is 5.17. The van der Waals surface area contributed by atoms with Gasteiger partial charge in [0.2, 0.25) is 0 Å². The summed E-state index contributed by atoms with van der Waals surface area (Å²) in [5.41, 5.74) is 9.17. The molecule has 4 aromatic rings. The predicted octanol–water partition coefficient (Wildman–Crippen LogP) is 6.23. The molecule has 8 bridgehead atoms. The minimum absolute atomic E-state index is 0. The molecule has 0 aliphatic carbocycles. The van der Waals surface area contributed by atoms with Gasteiger partial charge < -0.3 is 15.0 Å². The minimum atomic E-state index is 0. The van der Waals surface area contributed by atoms with Crippen LogP contribution < -0.4 is 0 Å². The average Bonchev–Trinajstić information content (AvgIpc) is 3.57. The standard InChI is InChI=1S/C20H14N4.C6H9N.Cu/c1-2-14-10-16-5-6-18(23-16)12-20-8-7-19(24-20)11-17-4-3-15(22-17)9-13(1)21-14;1-2-6-4-3-5-7-6;/h1-12,21-22H;3-5,7H,2H2,1H3;. The van der Waals surface area contributed by atoms with Crippen LogP contribution in [-0.4, -0.2) is 24.9 Å². The molecule has 0 spiro atoms. The van der Waals surface area contributed by atoms with Crippen molar-refractivity contribution in [1.82, 2.24) is 24.9 Å². The molecule has 0 aromatic carbocycles. The number of aromatic nitrogens is 5. The molecule has 3 N–H and O–H groups in total. The van der Waals surface area contributed by atoms with Crippen LogP contribution in [0.5, 0.6) is 0 Å². The largest absolute Gasteiger partial charge is 0.365 e. The Bertz CT molecular complexity index is 1330. The molecule has 2 aliphatic heterocycles. The number of rotatable bonds is 1. The summed E-state index contributed by atoms with van der Waals surface area (Å²) in [5, 5.41) is 0. The molecule has 0 saturated carbocycles. The Balaban J connectivity index is 0.000000265. The molecule has 0 atom stereocenters. The van der Waals surface area contributed by atoms with Gasteiger partial charge in [0.25, 0.3) is 0 Å². The molecule has 6 rings (SSSR count). The van der Waals surface area contributed by atoms with Gasteiger partial charge in [0.1, 0.15) is 0 Å². The molecule has 1 radical (unpaired) electrons. The number of hydrogen-bond donors (Lipinski definition) is 3. The Morgan fingerprint density at radius 3 is 1.50 bits per heavy atom. The van der Waals surface area contributed by atoms with E-state index in [-0.39, 0.29) is 17.1 Å². The second-order valence-electron chi connectivity index (χ2n) is 7.45. The van der Waals surface area contributed by atoms with Gasteiger partial charge in [0.15, 0.2) is 0 Å². The Hall–Kier alpha value is -3.60. The first kappa shape index (κ1) is 21.6. The fourth-order valence-electron chi connectivity index (χ4n) is 3.53. The number of H-pyrrole nitrogens is 3. The van der Waals surface area contributed by atoms with Crippen molar-refractivity contribution < 1.29 is 17.1 Å². The smallest absolute Gasteiger partial charge is 0.0659 e. The van der Waals surface area contributed by atoms with Crippen molar-refractivity contribution in [3.05, 3.63) is 95.3 Å². The molecule has 0 amide bonds. The summed E-state index contributed by atoms with van der Waals surface area (Å²) < 4.78 is 0. The minimum Gasteiger partial charge on any atom is -0.365 e. The van der Waals surface area contributed by atoms with E-state index in [4.69, 9.17) is 0 Å². The maximum atomic E-state index is 4.62. The Morgan fingerprint density at radius 1 is 0.625 bits per heavy atom. The van der Waals surface area contributed by atoms with E-state index in [0.29, 0.717) is 0 Å². The first-order valence-electron chi connectivity index (χ1n) is 10.4. The zero-order valence-corrected chi connectivity index (χ0v) is 18.5. The Kier molecular flexibility index (Phi) is 6.55. The SMILES string of the molecule is C1=Cc2cc3ccc(cc4ccc(cc5nc(cc1n2)C=C5)[nH]4)[nH]3.CCc1ccc[nH]1.[Cu]. The molecule has 5 nitrogen and oxygen atoms in total. The van der Waals surface area contributed by atoms with Crippen LogP contribution in [0.2, 0.25) is 0 Å². The number of hydrogen-bond acceptors (Lipinski definition) is 2. The van der Waals surface area contributed by atoms with Crippen molar-refractivity contribution >= 4 is 46.4 Å². The molecule has 0 saturated heterocycles. The van der Waals surface area contributed by atoms with Gasteiger partial charge in [-0.3, -0.25) is 0 Å². The van der Waals surface area contributed by atoms with E-state index in [2.05, 4.69) is 68.2 Å². The van der Waals surface area contributed by atoms with Crippen molar-refractivity contribution in [1.29, 1.82) is 0 Å². The fourth-order valence-corrected chi connectivity index (χ4v) is 3.53. The number of nitrogens with zero attached hydrogens (tertiary/aromatic N) is 2. The van der Waals surface area contributed by atoms with Gasteiger partial charge in [0, 0.05) is 51.0 Å². The summed E-state index contributed by atoms with van der Waals surface area (Å²) in [6, 6.07) is 20.5. The van der Waals surface area contributed by atoms with E-state index < -0.39 is 0 Å². The number of aromatic amines is 3. The van der Waals surface area contributed by atoms with Crippen molar-refractivity contribution in [3.63, 3.8) is 0 Å². The van der Waals surface area contributed by atoms with Crippen LogP contribution >= 0.6 is 0 Å². The molecular formula is C26H23CuN5. The summed E-state index contributed by atoms with van der Waals surface area (Å²) in [5.74, 6) is 0. The number of aryl methyl sites for hydroxylation is 1. The molecular weight excluding hydrogens is 446 g/mol. The zero-order valence-electron chi connectivity index (χ0n) is 17.6. The fraction of sp³-hybridized carbons (Fsp3) is 0.0769. The van der Waals surface area contributed by atoms with E-state index in [9.17, 15) is 0 Å². The van der Waals surface area contributed by atoms with Gasteiger partial charge in [0.05, 0.1) is 22.8 Å². The average molecular weight is 469 g/mol. The molecule has 32 heavy (non-hydrogen) atoms. The monoisotopic (exact) mass is 468 g/mol. The first-order chi connectivity index (χ1) is 15.2. The molecule has 4 aromatic heterocycles. The molecule has 2 aliphatic rings. The van der Waals surface area contributed by atoms with Crippen LogP contribution in [0.3, 0.4) is 0 Å². The molecule has 163 valence electrons. The van der Waals surface area contributed by atoms with E-state index in [1.165, 1.54) is 5.69 Å². The van der Waals surface area contributed by atoms with Crippen molar-refractivity contribution in [2.24, 2.45) is 0 Å². The second-order valence-corrected chi connectivity index (χ2v) is 7.45. The van der Waals surface area contributed by atoms with Crippen LogP contribution in [0.1, 0.15) is 35.4 Å². The topological polar surface area (TPSA) is 73.2 Å². The number of nitrogens with one attached hydrogen (secondary N) is 3. The van der Waals surface area contributed by atoms with E-state index in [0.717, 1.165) is 51.3 Å². The molecule has 6 heterocycles. The Morgan fingerprint density at radius 2 is 1.09 bits per heavy atom. The van der Waals surface area contributed by atoms with E-state index in [1.807, 2.05) is 54.8 Å². The molecule has 0 unspecified atom stereocenters. The maximum Gasteiger partial charge on any atom is 0.0659 e. The van der Waals surface area contributed by atoms with Crippen LogP contribution in [0.15, 0.2) is 66.9 Å².